The van der Waals surface area contributed by atoms with Crippen molar-refractivity contribution in [2.24, 2.45) is 0 Å². The Hall–Kier alpha value is -1.04. The van der Waals surface area contributed by atoms with Gasteiger partial charge in [0.05, 0.1) is 18.8 Å². The van der Waals surface area contributed by atoms with Crippen LogP contribution in [-0.2, 0) is 16.0 Å². The molecule has 0 aliphatic carbocycles. The Labute approximate surface area is 123 Å². The van der Waals surface area contributed by atoms with E-state index in [0.717, 1.165) is 18.1 Å². The normalized spacial score (nSPS) is 26.7. The van der Waals surface area contributed by atoms with Gasteiger partial charge in [0, 0.05) is 31.1 Å². The van der Waals surface area contributed by atoms with E-state index in [2.05, 4.69) is 17.4 Å². The van der Waals surface area contributed by atoms with Gasteiger partial charge in [-0.05, 0) is 5.56 Å². The number of nitrogens with zero attached hydrogens (tertiary/aromatic N) is 1. The van der Waals surface area contributed by atoms with Crippen LogP contribution in [0.3, 0.4) is 0 Å². The Morgan fingerprint density at radius 3 is 3.00 bits per heavy atom. The largest absolute Gasteiger partial charge is 0.374 e. The molecule has 1 N–H and O–H groups in total. The molecule has 2 unspecified atom stereocenters. The fraction of sp³-hybridized carbons (Fsp3) is 0.533. The van der Waals surface area contributed by atoms with Crippen LogP contribution in [0, 0.1) is 0 Å². The van der Waals surface area contributed by atoms with Gasteiger partial charge < -0.3 is 9.64 Å². The molecule has 2 atom stereocenters. The van der Waals surface area contributed by atoms with Crippen molar-refractivity contribution in [2.75, 3.05) is 31.3 Å². The molecule has 3 rings (SSSR count). The number of carbonyl (C=O) groups is 1. The second-order valence-electron chi connectivity index (χ2n) is 5.24. The van der Waals surface area contributed by atoms with Crippen molar-refractivity contribution in [1.29, 1.82) is 0 Å². The second-order valence-corrected chi connectivity index (χ2v) is 6.27. The molecule has 108 valence electrons. The lowest BCUT2D eigenvalue weighted by atomic mass is 10.1. The molecule has 1 aromatic carbocycles. The first-order chi connectivity index (χ1) is 9.83. The van der Waals surface area contributed by atoms with Gasteiger partial charge >= 0.3 is 0 Å². The summed E-state index contributed by atoms with van der Waals surface area (Å²) in [7, 11) is 0. The zero-order chi connectivity index (χ0) is 13.8. The van der Waals surface area contributed by atoms with Crippen LogP contribution in [0.25, 0.3) is 0 Å². The SMILES string of the molecule is O=C(C1CSCN1)N1CCOC(Cc2ccccc2)C1. The van der Waals surface area contributed by atoms with Crippen molar-refractivity contribution < 1.29 is 9.53 Å². The topological polar surface area (TPSA) is 41.6 Å². The number of thioether (sulfide) groups is 1. The molecule has 0 bridgehead atoms. The smallest absolute Gasteiger partial charge is 0.240 e. The molecular formula is C15H20N2O2S. The number of amides is 1. The Morgan fingerprint density at radius 1 is 1.40 bits per heavy atom. The van der Waals surface area contributed by atoms with Gasteiger partial charge in [0.25, 0.3) is 0 Å². The minimum Gasteiger partial charge on any atom is -0.374 e. The maximum absolute atomic E-state index is 12.4. The van der Waals surface area contributed by atoms with Crippen LogP contribution in [0.1, 0.15) is 5.56 Å². The molecule has 0 spiro atoms. The van der Waals surface area contributed by atoms with Crippen molar-refractivity contribution in [3.05, 3.63) is 35.9 Å². The van der Waals surface area contributed by atoms with E-state index in [4.69, 9.17) is 4.74 Å². The maximum atomic E-state index is 12.4. The third-order valence-corrected chi connectivity index (χ3v) is 4.71. The van der Waals surface area contributed by atoms with Gasteiger partial charge in [-0.1, -0.05) is 30.3 Å². The molecule has 1 aromatic rings. The maximum Gasteiger partial charge on any atom is 0.240 e. The van der Waals surface area contributed by atoms with Crippen LogP contribution in [0.15, 0.2) is 30.3 Å². The van der Waals surface area contributed by atoms with Crippen LogP contribution in [-0.4, -0.2) is 54.3 Å². The summed E-state index contributed by atoms with van der Waals surface area (Å²) in [5.41, 5.74) is 1.27. The Morgan fingerprint density at radius 2 is 2.25 bits per heavy atom. The molecule has 2 fully saturated rings. The zero-order valence-corrected chi connectivity index (χ0v) is 12.3. The van der Waals surface area contributed by atoms with Gasteiger partial charge in [-0.3, -0.25) is 10.1 Å². The monoisotopic (exact) mass is 292 g/mol. The van der Waals surface area contributed by atoms with Crippen molar-refractivity contribution >= 4 is 17.7 Å². The van der Waals surface area contributed by atoms with E-state index < -0.39 is 0 Å². The molecule has 4 nitrogen and oxygen atoms in total. The van der Waals surface area contributed by atoms with Crippen molar-refractivity contribution in [3.8, 4) is 0 Å². The second kappa shape index (κ2) is 6.61. The average Bonchev–Trinajstić information content (AvgIpc) is 3.02. The fourth-order valence-corrected chi connectivity index (χ4v) is 3.63. The molecule has 2 aliphatic rings. The number of nitrogens with one attached hydrogen (secondary N) is 1. The molecule has 5 heteroatoms. The lowest BCUT2D eigenvalue weighted by Crippen LogP contribution is -2.52. The molecule has 0 radical (unpaired) electrons. The lowest BCUT2D eigenvalue weighted by molar-refractivity contribution is -0.140. The van der Waals surface area contributed by atoms with Crippen molar-refractivity contribution in [3.63, 3.8) is 0 Å². The van der Waals surface area contributed by atoms with E-state index >= 15 is 0 Å². The van der Waals surface area contributed by atoms with Crippen LogP contribution >= 0.6 is 11.8 Å². The van der Waals surface area contributed by atoms with Crippen molar-refractivity contribution in [2.45, 2.75) is 18.6 Å². The standard InChI is InChI=1S/C15H20N2O2S/c18-15(14-10-20-11-16-14)17-6-7-19-13(9-17)8-12-4-2-1-3-5-12/h1-5,13-14,16H,6-11H2. The van der Waals surface area contributed by atoms with Gasteiger partial charge in [-0.25, -0.2) is 0 Å². The minimum atomic E-state index is -0.00419. The fourth-order valence-electron chi connectivity index (χ4n) is 2.69. The zero-order valence-electron chi connectivity index (χ0n) is 11.5. The van der Waals surface area contributed by atoms with Gasteiger partial charge in [0.2, 0.25) is 5.91 Å². The number of morpholine rings is 1. The van der Waals surface area contributed by atoms with Crippen LogP contribution in [0.2, 0.25) is 0 Å². The number of ether oxygens (including phenoxy) is 1. The molecule has 2 saturated heterocycles. The van der Waals surface area contributed by atoms with Crippen LogP contribution in [0.5, 0.6) is 0 Å². The Kier molecular flexibility index (Phi) is 4.60. The molecule has 2 heterocycles. The lowest BCUT2D eigenvalue weighted by Gasteiger charge is -2.34. The highest BCUT2D eigenvalue weighted by Gasteiger charge is 2.31. The van der Waals surface area contributed by atoms with Crippen molar-refractivity contribution in [1.82, 2.24) is 10.2 Å². The number of benzene rings is 1. The molecule has 1 amide bonds. The van der Waals surface area contributed by atoms with Gasteiger partial charge in [-0.2, -0.15) is 0 Å². The minimum absolute atomic E-state index is 0.00419. The van der Waals surface area contributed by atoms with Gasteiger partial charge in [0.15, 0.2) is 0 Å². The predicted octanol–water partition coefficient (Wildman–Crippen LogP) is 1.12. The Bertz CT molecular complexity index is 448. The number of rotatable bonds is 3. The molecule has 20 heavy (non-hydrogen) atoms. The summed E-state index contributed by atoms with van der Waals surface area (Å²) in [5, 5.41) is 3.25. The quantitative estimate of drug-likeness (QED) is 0.906. The highest BCUT2D eigenvalue weighted by Crippen LogP contribution is 2.16. The third kappa shape index (κ3) is 3.34. The summed E-state index contributed by atoms with van der Waals surface area (Å²) in [5.74, 6) is 2.00. The van der Waals surface area contributed by atoms with E-state index in [1.807, 2.05) is 23.1 Å². The predicted molar refractivity (Wildman–Crippen MR) is 80.7 cm³/mol. The summed E-state index contributed by atoms with van der Waals surface area (Å²) in [6.45, 7) is 2.06. The molecule has 0 saturated carbocycles. The third-order valence-electron chi connectivity index (χ3n) is 3.77. The number of carbonyl (C=O) groups excluding carboxylic acids is 1. The van der Waals surface area contributed by atoms with E-state index in [9.17, 15) is 4.79 Å². The highest BCUT2D eigenvalue weighted by atomic mass is 32.2. The number of hydrogen-bond donors (Lipinski definition) is 1. The summed E-state index contributed by atoms with van der Waals surface area (Å²) < 4.78 is 5.81. The summed E-state index contributed by atoms with van der Waals surface area (Å²) >= 11 is 1.79. The molecular weight excluding hydrogens is 272 g/mol. The number of hydrogen-bond acceptors (Lipinski definition) is 4. The van der Waals surface area contributed by atoms with Crippen LogP contribution in [0.4, 0.5) is 0 Å². The molecule has 0 aromatic heterocycles. The van der Waals surface area contributed by atoms with Gasteiger partial charge in [0.1, 0.15) is 0 Å². The van der Waals surface area contributed by atoms with E-state index in [1.54, 1.807) is 11.8 Å². The highest BCUT2D eigenvalue weighted by molar-refractivity contribution is 7.99. The summed E-state index contributed by atoms with van der Waals surface area (Å²) in [4.78, 5) is 14.4. The average molecular weight is 292 g/mol. The van der Waals surface area contributed by atoms with E-state index in [0.29, 0.717) is 19.7 Å². The Balaban J connectivity index is 1.57. The first kappa shape index (κ1) is 13.9. The summed E-state index contributed by atoms with van der Waals surface area (Å²) in [6, 6.07) is 10.3. The van der Waals surface area contributed by atoms with E-state index in [-0.39, 0.29) is 18.1 Å². The first-order valence-electron chi connectivity index (χ1n) is 7.08. The van der Waals surface area contributed by atoms with E-state index in [1.165, 1.54) is 5.56 Å². The summed E-state index contributed by atoms with van der Waals surface area (Å²) in [6.07, 6.45) is 0.987. The first-order valence-corrected chi connectivity index (χ1v) is 8.24. The molecule has 2 aliphatic heterocycles. The van der Waals surface area contributed by atoms with Gasteiger partial charge in [-0.15, -0.1) is 11.8 Å². The van der Waals surface area contributed by atoms with Crippen LogP contribution < -0.4 is 5.32 Å².